The number of likely N-dealkylation sites (tertiary alicyclic amines) is 1. The summed E-state index contributed by atoms with van der Waals surface area (Å²) in [6, 6.07) is 3.08. The summed E-state index contributed by atoms with van der Waals surface area (Å²) in [5.41, 5.74) is 0.550. The third kappa shape index (κ3) is 5.74. The second-order valence-corrected chi connectivity index (χ2v) is 8.43. The van der Waals surface area contributed by atoms with Crippen LogP contribution < -0.4 is 19.5 Å². The molecular formula is C18H29N3O5S. The number of anilines is 1. The molecule has 1 aromatic carbocycles. The summed E-state index contributed by atoms with van der Waals surface area (Å²) in [7, 11) is -0.670. The largest absolute Gasteiger partial charge is 0.493 e. The van der Waals surface area contributed by atoms with E-state index in [0.29, 0.717) is 30.3 Å². The number of amides is 1. The van der Waals surface area contributed by atoms with Crippen LogP contribution in [0.25, 0.3) is 0 Å². The first-order valence-electron chi connectivity index (χ1n) is 9.02. The van der Waals surface area contributed by atoms with Gasteiger partial charge < -0.3 is 19.7 Å². The molecule has 152 valence electrons. The van der Waals surface area contributed by atoms with Gasteiger partial charge in [-0.1, -0.05) is 6.92 Å². The Morgan fingerprint density at radius 3 is 2.41 bits per heavy atom. The van der Waals surface area contributed by atoms with E-state index in [1.165, 1.54) is 20.3 Å². The van der Waals surface area contributed by atoms with Crippen molar-refractivity contribution in [2.45, 2.75) is 19.8 Å². The first-order chi connectivity index (χ1) is 12.8. The SMILES string of the molecule is CCNCC1CCN(C(=O)c2cc(NS(C)(=O)=O)c(OC)c(OC)c2)CC1. The standard InChI is InChI=1S/C18H29N3O5S/c1-5-19-12-13-6-8-21(9-7-13)18(22)14-10-15(20-27(4,23)24)17(26-3)16(11-14)25-2/h10-11,13,19-20H,5-9,12H2,1-4H3. The molecular weight excluding hydrogens is 370 g/mol. The Morgan fingerprint density at radius 1 is 1.22 bits per heavy atom. The number of carbonyl (C=O) groups excluding carboxylic acids is 1. The van der Waals surface area contributed by atoms with Crippen molar-refractivity contribution in [1.82, 2.24) is 10.2 Å². The van der Waals surface area contributed by atoms with Crippen molar-refractivity contribution in [3.63, 3.8) is 0 Å². The lowest BCUT2D eigenvalue weighted by Crippen LogP contribution is -2.40. The van der Waals surface area contributed by atoms with Gasteiger partial charge in [0.15, 0.2) is 11.5 Å². The number of hydrogen-bond donors (Lipinski definition) is 2. The molecule has 1 saturated heterocycles. The molecule has 1 aliphatic rings. The van der Waals surface area contributed by atoms with Crippen LogP contribution in [0, 0.1) is 5.92 Å². The number of methoxy groups -OCH3 is 2. The second kappa shape index (κ2) is 9.27. The summed E-state index contributed by atoms with van der Waals surface area (Å²) in [4.78, 5) is 14.7. The quantitative estimate of drug-likeness (QED) is 0.688. The van der Waals surface area contributed by atoms with Gasteiger partial charge in [0.2, 0.25) is 10.0 Å². The Bertz CT molecular complexity index is 759. The van der Waals surface area contributed by atoms with Gasteiger partial charge in [0.1, 0.15) is 0 Å². The zero-order chi connectivity index (χ0) is 20.0. The molecule has 1 amide bonds. The van der Waals surface area contributed by atoms with E-state index in [1.807, 2.05) is 0 Å². The number of hydrogen-bond acceptors (Lipinski definition) is 6. The normalized spacial score (nSPS) is 15.5. The molecule has 0 bridgehead atoms. The lowest BCUT2D eigenvalue weighted by molar-refractivity contribution is 0.0690. The average Bonchev–Trinajstić information content (AvgIpc) is 2.64. The van der Waals surface area contributed by atoms with Gasteiger partial charge in [-0.15, -0.1) is 0 Å². The van der Waals surface area contributed by atoms with Gasteiger partial charge in [-0.05, 0) is 44.0 Å². The van der Waals surface area contributed by atoms with E-state index < -0.39 is 10.0 Å². The molecule has 0 spiro atoms. The average molecular weight is 400 g/mol. The maximum Gasteiger partial charge on any atom is 0.254 e. The molecule has 27 heavy (non-hydrogen) atoms. The van der Waals surface area contributed by atoms with Crippen LogP contribution in [0.15, 0.2) is 12.1 Å². The van der Waals surface area contributed by atoms with E-state index in [9.17, 15) is 13.2 Å². The van der Waals surface area contributed by atoms with E-state index in [4.69, 9.17) is 9.47 Å². The fourth-order valence-electron chi connectivity index (χ4n) is 3.23. The van der Waals surface area contributed by atoms with Gasteiger partial charge in [-0.2, -0.15) is 0 Å². The van der Waals surface area contributed by atoms with Crippen molar-refractivity contribution in [2.75, 3.05) is 51.4 Å². The van der Waals surface area contributed by atoms with Crippen LogP contribution in [0.2, 0.25) is 0 Å². The maximum atomic E-state index is 12.9. The highest BCUT2D eigenvalue weighted by atomic mass is 32.2. The number of rotatable bonds is 8. The van der Waals surface area contributed by atoms with Crippen LogP contribution in [0.4, 0.5) is 5.69 Å². The first kappa shape index (κ1) is 21.3. The second-order valence-electron chi connectivity index (χ2n) is 6.68. The summed E-state index contributed by atoms with van der Waals surface area (Å²) in [6.07, 6.45) is 2.93. The highest BCUT2D eigenvalue weighted by molar-refractivity contribution is 7.92. The van der Waals surface area contributed by atoms with Crippen LogP contribution in [0.1, 0.15) is 30.1 Å². The molecule has 1 heterocycles. The highest BCUT2D eigenvalue weighted by Crippen LogP contribution is 2.37. The van der Waals surface area contributed by atoms with Gasteiger partial charge in [-0.3, -0.25) is 9.52 Å². The van der Waals surface area contributed by atoms with E-state index in [-0.39, 0.29) is 17.3 Å². The number of nitrogens with zero attached hydrogens (tertiary/aromatic N) is 1. The molecule has 0 aromatic heterocycles. The molecule has 2 N–H and O–H groups in total. The van der Waals surface area contributed by atoms with Crippen molar-refractivity contribution < 1.29 is 22.7 Å². The third-order valence-corrected chi connectivity index (χ3v) is 5.20. The minimum absolute atomic E-state index is 0.144. The molecule has 2 rings (SSSR count). The molecule has 0 atom stereocenters. The highest BCUT2D eigenvalue weighted by Gasteiger charge is 2.25. The van der Waals surface area contributed by atoms with Crippen molar-refractivity contribution in [2.24, 2.45) is 5.92 Å². The molecule has 1 fully saturated rings. The monoisotopic (exact) mass is 399 g/mol. The lowest BCUT2D eigenvalue weighted by atomic mass is 9.96. The van der Waals surface area contributed by atoms with Crippen molar-refractivity contribution >= 4 is 21.6 Å². The fourth-order valence-corrected chi connectivity index (χ4v) is 3.79. The molecule has 0 aliphatic carbocycles. The Kier molecular flexibility index (Phi) is 7.32. The number of nitrogens with one attached hydrogen (secondary N) is 2. The fraction of sp³-hybridized carbons (Fsp3) is 0.611. The topological polar surface area (TPSA) is 97.0 Å². The van der Waals surface area contributed by atoms with Gasteiger partial charge in [0.25, 0.3) is 5.91 Å². The zero-order valence-corrected chi connectivity index (χ0v) is 17.2. The van der Waals surface area contributed by atoms with Crippen LogP contribution in [0.3, 0.4) is 0 Å². The Hall–Kier alpha value is -2.00. The number of carbonyl (C=O) groups is 1. The van der Waals surface area contributed by atoms with Gasteiger partial charge in [-0.25, -0.2) is 8.42 Å². The number of piperidine rings is 1. The van der Waals surface area contributed by atoms with E-state index in [0.717, 1.165) is 32.2 Å². The predicted molar refractivity (Wildman–Crippen MR) is 105 cm³/mol. The molecule has 0 saturated carbocycles. The van der Waals surface area contributed by atoms with Crippen molar-refractivity contribution in [1.29, 1.82) is 0 Å². The van der Waals surface area contributed by atoms with E-state index in [2.05, 4.69) is 17.0 Å². The van der Waals surface area contributed by atoms with Gasteiger partial charge in [0, 0.05) is 18.7 Å². The van der Waals surface area contributed by atoms with Crippen molar-refractivity contribution in [3.8, 4) is 11.5 Å². The van der Waals surface area contributed by atoms with E-state index >= 15 is 0 Å². The van der Waals surface area contributed by atoms with Crippen LogP contribution in [0.5, 0.6) is 11.5 Å². The number of sulfonamides is 1. The third-order valence-electron chi connectivity index (χ3n) is 4.61. The van der Waals surface area contributed by atoms with E-state index in [1.54, 1.807) is 11.0 Å². The van der Waals surface area contributed by atoms with Gasteiger partial charge in [0.05, 0.1) is 26.2 Å². The van der Waals surface area contributed by atoms with Crippen LogP contribution in [-0.2, 0) is 10.0 Å². The number of benzene rings is 1. The first-order valence-corrected chi connectivity index (χ1v) is 10.9. The molecule has 9 heteroatoms. The van der Waals surface area contributed by atoms with Crippen LogP contribution in [-0.4, -0.2) is 65.9 Å². The molecule has 8 nitrogen and oxygen atoms in total. The summed E-state index contributed by atoms with van der Waals surface area (Å²) in [6.45, 7) is 5.35. The summed E-state index contributed by atoms with van der Waals surface area (Å²) >= 11 is 0. The minimum atomic E-state index is -3.54. The Labute approximate surface area is 161 Å². The summed E-state index contributed by atoms with van der Waals surface area (Å²) in [5, 5.41) is 3.35. The molecule has 1 aromatic rings. The molecule has 0 radical (unpaired) electrons. The minimum Gasteiger partial charge on any atom is -0.493 e. The zero-order valence-electron chi connectivity index (χ0n) is 16.4. The maximum absolute atomic E-state index is 12.9. The summed E-state index contributed by atoms with van der Waals surface area (Å²) < 4.78 is 36.3. The summed E-state index contributed by atoms with van der Waals surface area (Å²) in [5.74, 6) is 0.969. The smallest absolute Gasteiger partial charge is 0.254 e. The Morgan fingerprint density at radius 2 is 1.89 bits per heavy atom. The number of ether oxygens (including phenoxy) is 2. The van der Waals surface area contributed by atoms with Gasteiger partial charge >= 0.3 is 0 Å². The predicted octanol–water partition coefficient (Wildman–Crippen LogP) is 1.54. The van der Waals surface area contributed by atoms with Crippen LogP contribution >= 0.6 is 0 Å². The van der Waals surface area contributed by atoms with Crippen molar-refractivity contribution in [3.05, 3.63) is 17.7 Å². The Balaban J connectivity index is 2.22. The molecule has 1 aliphatic heterocycles. The molecule has 0 unspecified atom stereocenters. The lowest BCUT2D eigenvalue weighted by Gasteiger charge is -2.32.